The Hall–Kier alpha value is -2.09. The molecule has 0 saturated heterocycles. The van der Waals surface area contributed by atoms with Gasteiger partial charge in [0.2, 0.25) is 0 Å². The van der Waals surface area contributed by atoms with E-state index in [2.05, 4.69) is 15.0 Å². The Balaban J connectivity index is 2.38. The van der Waals surface area contributed by atoms with Gasteiger partial charge in [-0.15, -0.1) is 18.3 Å². The zero-order chi connectivity index (χ0) is 13.2. The lowest BCUT2D eigenvalue weighted by atomic mass is 10.3. The summed E-state index contributed by atoms with van der Waals surface area (Å²) in [6.07, 6.45) is -3.46. The maximum absolute atomic E-state index is 12.2. The van der Waals surface area contributed by atoms with Crippen LogP contribution >= 0.6 is 0 Å². The molecule has 0 saturated carbocycles. The lowest BCUT2D eigenvalue weighted by Gasteiger charge is -2.12. The maximum Gasteiger partial charge on any atom is 0.573 e. The average Bonchev–Trinajstić information content (AvgIpc) is 2.76. The molecular weight excluding hydrogens is 251 g/mol. The van der Waals surface area contributed by atoms with E-state index in [1.54, 1.807) is 6.07 Å². The molecule has 0 spiro atoms. The zero-order valence-electron chi connectivity index (χ0n) is 8.92. The highest BCUT2D eigenvalue weighted by molar-refractivity contribution is 5.45. The number of rotatable bonds is 3. The minimum Gasteiger partial charge on any atom is -0.403 e. The first-order valence-electron chi connectivity index (χ1n) is 4.87. The first-order valence-corrected chi connectivity index (χ1v) is 4.87. The second kappa shape index (κ2) is 4.65. The van der Waals surface area contributed by atoms with E-state index < -0.39 is 6.36 Å². The van der Waals surface area contributed by atoms with E-state index in [4.69, 9.17) is 5.11 Å². The van der Waals surface area contributed by atoms with Crippen LogP contribution in [0.2, 0.25) is 0 Å². The first-order chi connectivity index (χ1) is 8.49. The van der Waals surface area contributed by atoms with Crippen LogP contribution in [0.4, 0.5) is 13.2 Å². The number of halogens is 3. The fraction of sp³-hybridized carbons (Fsp3) is 0.200. The molecule has 2 aromatic rings. The monoisotopic (exact) mass is 259 g/mol. The molecule has 0 aliphatic rings. The van der Waals surface area contributed by atoms with Gasteiger partial charge in [-0.3, -0.25) is 0 Å². The van der Waals surface area contributed by atoms with Crippen molar-refractivity contribution in [3.63, 3.8) is 0 Å². The van der Waals surface area contributed by atoms with Crippen molar-refractivity contribution >= 4 is 0 Å². The van der Waals surface area contributed by atoms with E-state index in [0.717, 1.165) is 4.68 Å². The predicted molar refractivity (Wildman–Crippen MR) is 54.0 cm³/mol. The molecule has 5 nitrogen and oxygen atoms in total. The van der Waals surface area contributed by atoms with Crippen LogP contribution in [0, 0.1) is 0 Å². The topological polar surface area (TPSA) is 60.2 Å². The molecule has 0 fully saturated rings. The summed E-state index contributed by atoms with van der Waals surface area (Å²) in [6, 6.07) is 5.52. The van der Waals surface area contributed by atoms with Gasteiger partial charge in [-0.25, -0.2) is 4.68 Å². The van der Waals surface area contributed by atoms with Crippen molar-refractivity contribution in [1.82, 2.24) is 15.0 Å². The summed E-state index contributed by atoms with van der Waals surface area (Å²) < 4.78 is 41.6. The minimum atomic E-state index is -4.78. The fourth-order valence-electron chi connectivity index (χ4n) is 1.35. The van der Waals surface area contributed by atoms with E-state index in [9.17, 15) is 13.2 Å². The molecule has 96 valence electrons. The molecule has 8 heteroatoms. The quantitative estimate of drug-likeness (QED) is 0.910. The van der Waals surface area contributed by atoms with Crippen LogP contribution in [0.3, 0.4) is 0 Å². The highest BCUT2D eigenvalue weighted by Gasteiger charge is 2.32. The highest BCUT2D eigenvalue weighted by atomic mass is 19.4. The van der Waals surface area contributed by atoms with Gasteiger partial charge in [0.05, 0.1) is 12.8 Å². The van der Waals surface area contributed by atoms with Crippen LogP contribution < -0.4 is 4.74 Å². The highest BCUT2D eigenvalue weighted by Crippen LogP contribution is 2.28. The Kier molecular flexibility index (Phi) is 3.19. The molecule has 0 aliphatic carbocycles. The number of hydrogen-bond acceptors (Lipinski definition) is 4. The van der Waals surface area contributed by atoms with Crippen LogP contribution in [0.15, 0.2) is 30.5 Å². The molecule has 1 heterocycles. The Bertz CT molecular complexity index is 539. The van der Waals surface area contributed by atoms with E-state index in [1.807, 2.05) is 0 Å². The summed E-state index contributed by atoms with van der Waals surface area (Å²) in [5.41, 5.74) is 0.332. The van der Waals surface area contributed by atoms with Crippen molar-refractivity contribution < 1.29 is 23.0 Å². The molecule has 0 bridgehead atoms. The van der Waals surface area contributed by atoms with Crippen LogP contribution in [0.5, 0.6) is 5.75 Å². The summed E-state index contributed by atoms with van der Waals surface area (Å²) in [4.78, 5) is 0. The molecule has 1 aromatic carbocycles. The van der Waals surface area contributed by atoms with Crippen LogP contribution in [-0.2, 0) is 6.61 Å². The van der Waals surface area contributed by atoms with Gasteiger partial charge in [0.25, 0.3) is 0 Å². The van der Waals surface area contributed by atoms with Gasteiger partial charge in [-0.1, -0.05) is 17.3 Å². The smallest absolute Gasteiger partial charge is 0.403 e. The summed E-state index contributed by atoms with van der Waals surface area (Å²) in [5.74, 6) is -0.389. The summed E-state index contributed by atoms with van der Waals surface area (Å²) >= 11 is 0. The van der Waals surface area contributed by atoms with E-state index >= 15 is 0 Å². The minimum absolute atomic E-state index is 0.0852. The van der Waals surface area contributed by atoms with Crippen molar-refractivity contribution in [2.24, 2.45) is 0 Å². The van der Waals surface area contributed by atoms with Crippen molar-refractivity contribution in [2.75, 3.05) is 0 Å². The molecule has 0 amide bonds. The standard InChI is InChI=1S/C10H8F3N3O2/c11-10(12,13)18-9-4-2-1-3-8(9)16-5-7(6-17)14-15-16/h1-5,17H,6H2. The van der Waals surface area contributed by atoms with Crippen molar-refractivity contribution in [3.8, 4) is 11.4 Å². The third-order valence-corrected chi connectivity index (χ3v) is 2.04. The molecule has 0 atom stereocenters. The van der Waals surface area contributed by atoms with Gasteiger partial charge in [-0.05, 0) is 12.1 Å². The number of nitrogens with zero attached hydrogens (tertiary/aromatic N) is 3. The maximum atomic E-state index is 12.2. The van der Waals surface area contributed by atoms with Gasteiger partial charge in [0.1, 0.15) is 11.4 Å². The molecule has 0 unspecified atom stereocenters. The normalized spacial score (nSPS) is 11.6. The van der Waals surface area contributed by atoms with E-state index in [1.165, 1.54) is 24.4 Å². The number of alkyl halides is 3. The lowest BCUT2D eigenvalue weighted by molar-refractivity contribution is -0.274. The van der Waals surface area contributed by atoms with Gasteiger partial charge >= 0.3 is 6.36 Å². The SMILES string of the molecule is OCc1cn(-c2ccccc2OC(F)(F)F)nn1. The Labute approximate surface area is 99.4 Å². The first kappa shape index (κ1) is 12.4. The Morgan fingerprint density at radius 2 is 2.00 bits per heavy atom. The number of aromatic nitrogens is 3. The summed E-state index contributed by atoms with van der Waals surface area (Å²) in [6.45, 7) is -0.345. The summed E-state index contributed by atoms with van der Waals surface area (Å²) in [5, 5.41) is 16.0. The number of benzene rings is 1. The number of para-hydroxylation sites is 2. The molecule has 1 N–H and O–H groups in total. The third kappa shape index (κ3) is 2.77. The van der Waals surface area contributed by atoms with Crippen LogP contribution in [0.1, 0.15) is 5.69 Å². The molecule has 0 radical (unpaired) electrons. The Morgan fingerprint density at radius 3 is 2.61 bits per heavy atom. The number of ether oxygens (including phenoxy) is 1. The average molecular weight is 259 g/mol. The molecule has 18 heavy (non-hydrogen) atoms. The summed E-state index contributed by atoms with van der Waals surface area (Å²) in [7, 11) is 0. The molecule has 0 aliphatic heterocycles. The second-order valence-corrected chi connectivity index (χ2v) is 3.33. The van der Waals surface area contributed by atoms with E-state index in [-0.39, 0.29) is 23.7 Å². The molecule has 2 rings (SSSR count). The van der Waals surface area contributed by atoms with Gasteiger partial charge in [0.15, 0.2) is 5.75 Å². The fourth-order valence-corrected chi connectivity index (χ4v) is 1.35. The largest absolute Gasteiger partial charge is 0.573 e. The molecular formula is C10H8F3N3O2. The van der Waals surface area contributed by atoms with Gasteiger partial charge in [0, 0.05) is 0 Å². The van der Waals surface area contributed by atoms with Crippen molar-refractivity contribution in [1.29, 1.82) is 0 Å². The lowest BCUT2D eigenvalue weighted by Crippen LogP contribution is -2.18. The number of aliphatic hydroxyl groups is 1. The Morgan fingerprint density at radius 1 is 1.28 bits per heavy atom. The molecule has 1 aromatic heterocycles. The number of aliphatic hydroxyl groups excluding tert-OH is 1. The van der Waals surface area contributed by atoms with Crippen LogP contribution in [0.25, 0.3) is 5.69 Å². The van der Waals surface area contributed by atoms with Crippen molar-refractivity contribution in [2.45, 2.75) is 13.0 Å². The van der Waals surface area contributed by atoms with Crippen LogP contribution in [-0.4, -0.2) is 26.5 Å². The predicted octanol–water partition coefficient (Wildman–Crippen LogP) is 1.66. The number of hydrogen-bond donors (Lipinski definition) is 1. The van der Waals surface area contributed by atoms with Gasteiger partial charge < -0.3 is 9.84 Å². The second-order valence-electron chi connectivity index (χ2n) is 3.33. The zero-order valence-corrected chi connectivity index (χ0v) is 8.92. The van der Waals surface area contributed by atoms with Gasteiger partial charge in [-0.2, -0.15) is 0 Å². The van der Waals surface area contributed by atoms with E-state index in [0.29, 0.717) is 0 Å². The third-order valence-electron chi connectivity index (χ3n) is 2.04. The van der Waals surface area contributed by atoms with Crippen molar-refractivity contribution in [3.05, 3.63) is 36.2 Å².